The average Bonchev–Trinajstić information content (AvgIpc) is 2.22. The number of hydrogen-bond donors (Lipinski definition) is 2. The number of nitrogens with one attached hydrogen (secondary N) is 1. The van der Waals surface area contributed by atoms with Crippen LogP contribution < -0.4 is 5.32 Å². The zero-order valence-electron chi connectivity index (χ0n) is 7.82. The summed E-state index contributed by atoms with van der Waals surface area (Å²) in [5.41, 5.74) is 0. The standard InChI is InChI=1S/C10H9NO4/c1-3-8(12)5-7(10(14)15)6-11-9(13)4-2/h1-2,7H,5-6H2,(H,11,13)(H,14,15). The molecule has 78 valence electrons. The van der Waals surface area contributed by atoms with Crippen molar-refractivity contribution in [1.82, 2.24) is 5.32 Å². The van der Waals surface area contributed by atoms with E-state index in [1.165, 1.54) is 0 Å². The van der Waals surface area contributed by atoms with Gasteiger partial charge in [0.15, 0.2) is 0 Å². The quantitative estimate of drug-likeness (QED) is 0.448. The van der Waals surface area contributed by atoms with Gasteiger partial charge < -0.3 is 10.4 Å². The second-order valence-electron chi connectivity index (χ2n) is 2.66. The van der Waals surface area contributed by atoms with Crippen molar-refractivity contribution in [1.29, 1.82) is 0 Å². The van der Waals surface area contributed by atoms with Gasteiger partial charge in [-0.1, -0.05) is 0 Å². The van der Waals surface area contributed by atoms with Gasteiger partial charge in [-0.05, 0) is 11.8 Å². The minimum Gasteiger partial charge on any atom is -0.481 e. The number of carboxylic acid groups (broad SMARTS) is 1. The van der Waals surface area contributed by atoms with Crippen LogP contribution in [0.5, 0.6) is 0 Å². The summed E-state index contributed by atoms with van der Waals surface area (Å²) in [6.07, 6.45) is 9.22. The number of ketones is 1. The van der Waals surface area contributed by atoms with Crippen molar-refractivity contribution in [3.63, 3.8) is 0 Å². The van der Waals surface area contributed by atoms with Crippen LogP contribution >= 0.6 is 0 Å². The van der Waals surface area contributed by atoms with Gasteiger partial charge in [-0.3, -0.25) is 14.4 Å². The maximum Gasteiger partial charge on any atom is 0.308 e. The smallest absolute Gasteiger partial charge is 0.308 e. The Kier molecular flexibility index (Phi) is 5.28. The zero-order valence-corrected chi connectivity index (χ0v) is 7.82. The molecule has 0 aromatic carbocycles. The van der Waals surface area contributed by atoms with Crippen LogP contribution in [0.25, 0.3) is 0 Å². The van der Waals surface area contributed by atoms with Crippen molar-refractivity contribution in [3.05, 3.63) is 0 Å². The minimum absolute atomic E-state index is 0.216. The van der Waals surface area contributed by atoms with Crippen LogP contribution in [-0.4, -0.2) is 29.3 Å². The molecular weight excluding hydrogens is 198 g/mol. The monoisotopic (exact) mass is 207 g/mol. The maximum atomic E-state index is 10.8. The highest BCUT2D eigenvalue weighted by Gasteiger charge is 2.20. The molecule has 0 aromatic rings. The zero-order chi connectivity index (χ0) is 11.8. The van der Waals surface area contributed by atoms with Crippen molar-refractivity contribution in [3.8, 4) is 24.7 Å². The largest absolute Gasteiger partial charge is 0.481 e. The first-order valence-corrected chi connectivity index (χ1v) is 3.98. The number of hydrogen-bond acceptors (Lipinski definition) is 3. The van der Waals surface area contributed by atoms with E-state index in [1.807, 2.05) is 0 Å². The molecule has 0 bridgehead atoms. The fourth-order valence-electron chi connectivity index (χ4n) is 0.796. The van der Waals surface area contributed by atoms with E-state index in [-0.39, 0.29) is 13.0 Å². The molecule has 2 N–H and O–H groups in total. The van der Waals surface area contributed by atoms with Crippen LogP contribution in [0.4, 0.5) is 0 Å². The second-order valence-corrected chi connectivity index (χ2v) is 2.66. The van der Waals surface area contributed by atoms with E-state index < -0.39 is 23.6 Å². The maximum absolute atomic E-state index is 10.8. The molecule has 15 heavy (non-hydrogen) atoms. The first-order chi connectivity index (χ1) is 7.01. The molecule has 5 heteroatoms. The molecule has 0 spiro atoms. The third-order valence-corrected chi connectivity index (χ3v) is 1.58. The van der Waals surface area contributed by atoms with Gasteiger partial charge in [0, 0.05) is 13.0 Å². The van der Waals surface area contributed by atoms with Crippen LogP contribution in [0.15, 0.2) is 0 Å². The molecule has 1 unspecified atom stereocenters. The van der Waals surface area contributed by atoms with E-state index >= 15 is 0 Å². The summed E-state index contributed by atoms with van der Waals surface area (Å²) in [7, 11) is 0. The summed E-state index contributed by atoms with van der Waals surface area (Å²) < 4.78 is 0. The molecule has 0 heterocycles. The van der Waals surface area contributed by atoms with E-state index in [9.17, 15) is 14.4 Å². The number of amides is 1. The van der Waals surface area contributed by atoms with Crippen LogP contribution in [-0.2, 0) is 14.4 Å². The highest BCUT2D eigenvalue weighted by Crippen LogP contribution is 2.02. The van der Waals surface area contributed by atoms with Crippen molar-refractivity contribution in [2.24, 2.45) is 5.92 Å². The molecule has 0 aromatic heterocycles. The summed E-state index contributed by atoms with van der Waals surface area (Å²) in [6.45, 7) is -0.216. The van der Waals surface area contributed by atoms with Gasteiger partial charge in [-0.25, -0.2) is 0 Å². The van der Waals surface area contributed by atoms with Crippen LogP contribution in [0.3, 0.4) is 0 Å². The van der Waals surface area contributed by atoms with Crippen molar-refractivity contribution < 1.29 is 19.5 Å². The van der Waals surface area contributed by atoms with Crippen LogP contribution in [0.2, 0.25) is 0 Å². The van der Waals surface area contributed by atoms with Gasteiger partial charge in [-0.2, -0.15) is 0 Å². The fraction of sp³-hybridized carbons (Fsp3) is 0.300. The number of carboxylic acids is 1. The molecule has 0 aliphatic heterocycles. The van der Waals surface area contributed by atoms with E-state index in [4.69, 9.17) is 18.0 Å². The lowest BCUT2D eigenvalue weighted by atomic mass is 10.0. The molecule has 0 aliphatic rings. The summed E-state index contributed by atoms with van der Waals surface area (Å²) in [4.78, 5) is 32.0. The minimum atomic E-state index is -1.21. The van der Waals surface area contributed by atoms with Gasteiger partial charge in [0.1, 0.15) is 0 Å². The Morgan fingerprint density at radius 1 is 1.27 bits per heavy atom. The van der Waals surface area contributed by atoms with Crippen molar-refractivity contribution in [2.75, 3.05) is 6.54 Å². The normalized spacial score (nSPS) is 10.5. The predicted molar refractivity (Wildman–Crippen MR) is 51.4 cm³/mol. The van der Waals surface area contributed by atoms with E-state index in [1.54, 1.807) is 11.8 Å². The molecule has 0 saturated carbocycles. The van der Waals surface area contributed by atoms with Gasteiger partial charge in [0.2, 0.25) is 5.78 Å². The SMILES string of the molecule is C#CC(=O)CC(CNC(=O)C#C)C(=O)O. The first kappa shape index (κ1) is 12.7. The Morgan fingerprint density at radius 3 is 2.27 bits per heavy atom. The van der Waals surface area contributed by atoms with E-state index in [2.05, 4.69) is 5.32 Å². The van der Waals surface area contributed by atoms with E-state index in [0.29, 0.717) is 0 Å². The molecular formula is C10H9NO4. The number of terminal acetylenes is 2. The van der Waals surface area contributed by atoms with E-state index in [0.717, 1.165) is 0 Å². The number of Topliss-reactive ketones (excluding diaryl/α,β-unsaturated/α-hetero) is 1. The Bertz CT molecular complexity index is 359. The van der Waals surface area contributed by atoms with Gasteiger partial charge in [0.25, 0.3) is 5.91 Å². The Labute approximate surface area is 86.9 Å². The molecule has 5 nitrogen and oxygen atoms in total. The Balaban J connectivity index is 4.26. The highest BCUT2D eigenvalue weighted by molar-refractivity contribution is 5.97. The second kappa shape index (κ2) is 6.22. The first-order valence-electron chi connectivity index (χ1n) is 3.98. The van der Waals surface area contributed by atoms with Crippen molar-refractivity contribution in [2.45, 2.75) is 6.42 Å². The molecule has 1 atom stereocenters. The number of rotatable bonds is 5. The summed E-state index contributed by atoms with van der Waals surface area (Å²) in [6, 6.07) is 0. The summed E-state index contributed by atoms with van der Waals surface area (Å²) in [5.74, 6) is -0.0621. The van der Waals surface area contributed by atoms with Crippen LogP contribution in [0.1, 0.15) is 6.42 Å². The number of aliphatic carboxylic acids is 1. The third kappa shape index (κ3) is 5.12. The lowest BCUT2D eigenvalue weighted by Crippen LogP contribution is -2.33. The third-order valence-electron chi connectivity index (χ3n) is 1.58. The number of carbonyl (C=O) groups excluding carboxylic acids is 2. The topological polar surface area (TPSA) is 83.5 Å². The number of carbonyl (C=O) groups is 3. The van der Waals surface area contributed by atoms with Gasteiger partial charge in [0.05, 0.1) is 5.92 Å². The molecule has 0 radical (unpaired) electrons. The summed E-state index contributed by atoms with van der Waals surface area (Å²) in [5, 5.41) is 10.8. The fourth-order valence-corrected chi connectivity index (χ4v) is 0.796. The van der Waals surface area contributed by atoms with Crippen molar-refractivity contribution >= 4 is 17.7 Å². The lowest BCUT2D eigenvalue weighted by molar-refractivity contribution is -0.143. The summed E-state index contributed by atoms with van der Waals surface area (Å²) >= 11 is 0. The molecule has 0 aliphatic carbocycles. The lowest BCUT2D eigenvalue weighted by Gasteiger charge is -2.09. The molecule has 0 saturated heterocycles. The Hall–Kier alpha value is -2.27. The molecule has 1 amide bonds. The molecule has 0 rings (SSSR count). The molecule has 0 fully saturated rings. The highest BCUT2D eigenvalue weighted by atomic mass is 16.4. The Morgan fingerprint density at radius 2 is 1.87 bits per heavy atom. The average molecular weight is 207 g/mol. The van der Waals surface area contributed by atoms with Crippen LogP contribution in [0, 0.1) is 30.6 Å². The predicted octanol–water partition coefficient (Wildman–Crippen LogP) is -0.971. The van der Waals surface area contributed by atoms with Gasteiger partial charge >= 0.3 is 5.97 Å². The van der Waals surface area contributed by atoms with Gasteiger partial charge in [-0.15, -0.1) is 12.8 Å².